The molecule has 0 aromatic heterocycles. The molecule has 0 bridgehead atoms. The van der Waals surface area contributed by atoms with Crippen LogP contribution in [0.5, 0.6) is 11.5 Å². The number of hydrogen-bond acceptors (Lipinski definition) is 4. The van der Waals surface area contributed by atoms with Crippen LogP contribution in [0.2, 0.25) is 0 Å². The lowest BCUT2D eigenvalue weighted by Gasteiger charge is -2.08. The molecule has 2 N–H and O–H groups in total. The van der Waals surface area contributed by atoms with E-state index in [0.717, 1.165) is 16.7 Å². The number of ketones is 1. The van der Waals surface area contributed by atoms with E-state index in [9.17, 15) is 14.7 Å². The summed E-state index contributed by atoms with van der Waals surface area (Å²) in [4.78, 5) is 23.2. The first kappa shape index (κ1) is 18.3. The van der Waals surface area contributed by atoms with Crippen molar-refractivity contribution in [2.45, 2.75) is 20.3 Å². The normalized spacial score (nSPS) is 10.8. The van der Waals surface area contributed by atoms with Crippen LogP contribution < -0.4 is 4.74 Å². The number of carbonyl (C=O) groups is 2. The number of ether oxygens (including phenoxy) is 1. The number of aliphatic carboxylic acids is 1. The molecule has 5 heteroatoms. The number of rotatable bonds is 6. The Bertz CT molecular complexity index is 826. The first-order chi connectivity index (χ1) is 11.8. The lowest BCUT2D eigenvalue weighted by Crippen LogP contribution is -2.03. The fraction of sp³-hybridized carbons (Fsp3) is 0.200. The molecule has 0 fully saturated rings. The number of phenols is 1. The molecule has 0 spiro atoms. The second kappa shape index (κ2) is 7.66. The van der Waals surface area contributed by atoms with Gasteiger partial charge in [0.25, 0.3) is 0 Å². The lowest BCUT2D eigenvalue weighted by molar-refractivity contribution is -0.136. The van der Waals surface area contributed by atoms with Crippen LogP contribution >= 0.6 is 0 Å². The zero-order valence-corrected chi connectivity index (χ0v) is 14.4. The summed E-state index contributed by atoms with van der Waals surface area (Å²) in [5.41, 5.74) is 3.21. The van der Waals surface area contributed by atoms with Gasteiger partial charge in [-0.2, -0.15) is 0 Å². The Kier molecular flexibility index (Phi) is 5.60. The Morgan fingerprint density at radius 1 is 1.12 bits per heavy atom. The lowest BCUT2D eigenvalue weighted by atomic mass is 10.0. The number of carbonyl (C=O) groups excluding carboxylic acids is 1. The molecule has 2 rings (SSSR count). The third-order valence-electron chi connectivity index (χ3n) is 3.83. The Labute approximate surface area is 146 Å². The van der Waals surface area contributed by atoms with Gasteiger partial charge in [0.2, 0.25) is 0 Å². The van der Waals surface area contributed by atoms with Gasteiger partial charge in [-0.1, -0.05) is 12.1 Å². The molecule has 0 radical (unpaired) electrons. The van der Waals surface area contributed by atoms with Crippen LogP contribution in [0.15, 0.2) is 36.4 Å². The van der Waals surface area contributed by atoms with Gasteiger partial charge in [-0.05, 0) is 66.4 Å². The highest BCUT2D eigenvalue weighted by Crippen LogP contribution is 2.25. The van der Waals surface area contributed by atoms with Crippen molar-refractivity contribution in [2.24, 2.45) is 0 Å². The summed E-state index contributed by atoms with van der Waals surface area (Å²) < 4.78 is 5.21. The van der Waals surface area contributed by atoms with Gasteiger partial charge >= 0.3 is 5.97 Å². The van der Waals surface area contributed by atoms with Crippen molar-refractivity contribution in [3.8, 4) is 11.5 Å². The first-order valence-electron chi connectivity index (χ1n) is 7.73. The predicted molar refractivity (Wildman–Crippen MR) is 95.3 cm³/mol. The average molecular weight is 340 g/mol. The van der Waals surface area contributed by atoms with Crippen molar-refractivity contribution < 1.29 is 24.5 Å². The predicted octanol–water partition coefficient (Wildman–Crippen LogP) is 3.54. The van der Waals surface area contributed by atoms with Crippen molar-refractivity contribution in [1.29, 1.82) is 0 Å². The van der Waals surface area contributed by atoms with Gasteiger partial charge < -0.3 is 14.9 Å². The molecule has 0 heterocycles. The van der Waals surface area contributed by atoms with Gasteiger partial charge in [-0.3, -0.25) is 9.59 Å². The van der Waals surface area contributed by atoms with Crippen LogP contribution in [0.25, 0.3) is 6.08 Å². The minimum atomic E-state index is -0.945. The molecule has 2 aromatic carbocycles. The highest BCUT2D eigenvalue weighted by atomic mass is 16.5. The molecule has 0 saturated heterocycles. The smallest absolute Gasteiger partial charge is 0.307 e. The molecule has 0 unspecified atom stereocenters. The molecule has 130 valence electrons. The van der Waals surface area contributed by atoms with E-state index in [-0.39, 0.29) is 18.0 Å². The Balaban J connectivity index is 2.27. The Morgan fingerprint density at radius 2 is 1.76 bits per heavy atom. The SMILES string of the molecule is COc1cc(CC(=O)O)ccc1C(=O)C=Cc1cc(C)c(O)c(C)c1. The van der Waals surface area contributed by atoms with E-state index in [0.29, 0.717) is 16.9 Å². The van der Waals surface area contributed by atoms with Crippen LogP contribution in [-0.2, 0) is 11.2 Å². The number of benzene rings is 2. The summed E-state index contributed by atoms with van der Waals surface area (Å²) >= 11 is 0. The molecular formula is C20H20O5. The summed E-state index contributed by atoms with van der Waals surface area (Å²) in [6.07, 6.45) is 2.97. The number of hydrogen-bond donors (Lipinski definition) is 2. The monoisotopic (exact) mass is 340 g/mol. The fourth-order valence-corrected chi connectivity index (χ4v) is 2.57. The minimum absolute atomic E-state index is 0.132. The average Bonchev–Trinajstić information content (AvgIpc) is 2.56. The highest BCUT2D eigenvalue weighted by Gasteiger charge is 2.12. The second-order valence-electron chi connectivity index (χ2n) is 5.81. The van der Waals surface area contributed by atoms with E-state index >= 15 is 0 Å². The molecule has 0 aliphatic carbocycles. The van der Waals surface area contributed by atoms with Crippen LogP contribution in [0.3, 0.4) is 0 Å². The van der Waals surface area contributed by atoms with Crippen LogP contribution in [0.1, 0.15) is 32.6 Å². The number of aryl methyl sites for hydroxylation is 2. The van der Waals surface area contributed by atoms with E-state index in [1.807, 2.05) is 0 Å². The molecule has 25 heavy (non-hydrogen) atoms. The maximum atomic E-state index is 12.4. The maximum Gasteiger partial charge on any atom is 0.307 e. The molecule has 0 atom stereocenters. The van der Waals surface area contributed by atoms with Gasteiger partial charge in [0.1, 0.15) is 11.5 Å². The summed E-state index contributed by atoms with van der Waals surface area (Å²) in [6, 6.07) is 8.31. The molecule has 0 saturated carbocycles. The van der Waals surface area contributed by atoms with Gasteiger partial charge in [0.05, 0.1) is 19.1 Å². The van der Waals surface area contributed by atoms with Crippen LogP contribution in [0, 0.1) is 13.8 Å². The molecule has 5 nitrogen and oxygen atoms in total. The molecule has 0 aliphatic heterocycles. The molecular weight excluding hydrogens is 320 g/mol. The number of carboxylic acid groups (broad SMARTS) is 1. The van der Waals surface area contributed by atoms with E-state index in [2.05, 4.69) is 0 Å². The topological polar surface area (TPSA) is 83.8 Å². The number of methoxy groups -OCH3 is 1. The third kappa shape index (κ3) is 4.47. The molecule has 0 aliphatic rings. The number of allylic oxidation sites excluding steroid dienone is 1. The van der Waals surface area contributed by atoms with Crippen molar-refractivity contribution in [1.82, 2.24) is 0 Å². The first-order valence-corrected chi connectivity index (χ1v) is 7.73. The van der Waals surface area contributed by atoms with Crippen LogP contribution in [0.4, 0.5) is 0 Å². The zero-order chi connectivity index (χ0) is 18.6. The fourth-order valence-electron chi connectivity index (χ4n) is 2.57. The van der Waals surface area contributed by atoms with E-state index < -0.39 is 5.97 Å². The summed E-state index contributed by atoms with van der Waals surface area (Å²) in [5.74, 6) is -0.605. The Morgan fingerprint density at radius 3 is 2.32 bits per heavy atom. The van der Waals surface area contributed by atoms with Crippen molar-refractivity contribution in [3.05, 3.63) is 64.2 Å². The van der Waals surface area contributed by atoms with Crippen molar-refractivity contribution in [3.63, 3.8) is 0 Å². The zero-order valence-electron chi connectivity index (χ0n) is 14.4. The van der Waals surface area contributed by atoms with Gasteiger partial charge in [0.15, 0.2) is 5.78 Å². The third-order valence-corrected chi connectivity index (χ3v) is 3.83. The Hall–Kier alpha value is -3.08. The standard InChI is InChI=1S/C20H20O5/c1-12-8-14(9-13(2)20(12)24)5-7-17(21)16-6-4-15(11-19(22)23)10-18(16)25-3/h4-10,24H,11H2,1-3H3,(H,22,23). The quantitative estimate of drug-likeness (QED) is 0.621. The van der Waals surface area contributed by atoms with E-state index in [4.69, 9.17) is 9.84 Å². The minimum Gasteiger partial charge on any atom is -0.507 e. The highest BCUT2D eigenvalue weighted by molar-refractivity contribution is 6.08. The van der Waals surface area contributed by atoms with E-state index in [1.54, 1.807) is 50.3 Å². The molecule has 0 amide bonds. The number of phenolic OH excluding ortho intramolecular Hbond substituents is 1. The van der Waals surface area contributed by atoms with Crippen molar-refractivity contribution in [2.75, 3.05) is 7.11 Å². The van der Waals surface area contributed by atoms with E-state index in [1.165, 1.54) is 13.2 Å². The summed E-state index contributed by atoms with van der Waals surface area (Å²) in [6.45, 7) is 3.59. The largest absolute Gasteiger partial charge is 0.507 e. The number of carboxylic acids is 1. The maximum absolute atomic E-state index is 12.4. The second-order valence-corrected chi connectivity index (χ2v) is 5.81. The van der Waals surface area contributed by atoms with Gasteiger partial charge in [-0.15, -0.1) is 0 Å². The summed E-state index contributed by atoms with van der Waals surface area (Å²) in [7, 11) is 1.44. The van der Waals surface area contributed by atoms with Crippen LogP contribution in [-0.4, -0.2) is 29.1 Å². The summed E-state index contributed by atoms with van der Waals surface area (Å²) in [5, 5.41) is 18.6. The number of aromatic hydroxyl groups is 1. The molecule has 2 aromatic rings. The van der Waals surface area contributed by atoms with Crippen molar-refractivity contribution >= 4 is 17.8 Å². The van der Waals surface area contributed by atoms with Gasteiger partial charge in [-0.25, -0.2) is 0 Å². The van der Waals surface area contributed by atoms with Gasteiger partial charge in [0, 0.05) is 0 Å².